The lowest BCUT2D eigenvalue weighted by Crippen LogP contribution is -2.57. The SMILES string of the molecule is Cc1ncsc1-c1ccc(CNC(=O)[C@@H]2CCCN2C(=O)[C@@H](NC(=O)CCC(C)C)C(C)(C)C)cc1. The summed E-state index contributed by atoms with van der Waals surface area (Å²) in [6, 6.07) is 6.91. The molecule has 0 aliphatic carbocycles. The van der Waals surface area contributed by atoms with Crippen molar-refractivity contribution in [1.29, 1.82) is 0 Å². The molecule has 2 atom stereocenters. The van der Waals surface area contributed by atoms with Gasteiger partial charge in [0.15, 0.2) is 0 Å². The highest BCUT2D eigenvalue weighted by atomic mass is 32.1. The first-order valence-electron chi connectivity index (χ1n) is 12.8. The number of hydrogen-bond acceptors (Lipinski definition) is 5. The molecular formula is C28H40N4O3S. The summed E-state index contributed by atoms with van der Waals surface area (Å²) < 4.78 is 0. The summed E-state index contributed by atoms with van der Waals surface area (Å²) in [6.07, 6.45) is 2.56. The molecule has 2 heterocycles. The molecule has 0 bridgehead atoms. The van der Waals surface area contributed by atoms with E-state index in [-0.39, 0.29) is 17.7 Å². The van der Waals surface area contributed by atoms with Gasteiger partial charge >= 0.3 is 0 Å². The molecule has 1 aliphatic heterocycles. The van der Waals surface area contributed by atoms with Gasteiger partial charge in [0.05, 0.1) is 16.1 Å². The number of aromatic nitrogens is 1. The first-order valence-corrected chi connectivity index (χ1v) is 13.7. The van der Waals surface area contributed by atoms with Gasteiger partial charge in [0.25, 0.3) is 0 Å². The Balaban J connectivity index is 1.62. The van der Waals surface area contributed by atoms with Gasteiger partial charge in [-0.1, -0.05) is 58.9 Å². The van der Waals surface area contributed by atoms with Crippen molar-refractivity contribution in [3.05, 3.63) is 41.0 Å². The smallest absolute Gasteiger partial charge is 0.246 e. The summed E-state index contributed by atoms with van der Waals surface area (Å²) in [5.41, 5.74) is 4.49. The molecule has 3 rings (SSSR count). The third-order valence-electron chi connectivity index (χ3n) is 6.63. The molecule has 0 radical (unpaired) electrons. The molecule has 0 spiro atoms. The molecule has 2 N–H and O–H groups in total. The summed E-state index contributed by atoms with van der Waals surface area (Å²) in [5, 5.41) is 5.97. The lowest BCUT2D eigenvalue weighted by Gasteiger charge is -2.35. The molecule has 1 saturated heterocycles. The van der Waals surface area contributed by atoms with Crippen LogP contribution in [-0.4, -0.2) is 46.2 Å². The van der Waals surface area contributed by atoms with Gasteiger partial charge in [-0.2, -0.15) is 0 Å². The van der Waals surface area contributed by atoms with Crippen LogP contribution in [0.2, 0.25) is 0 Å². The highest BCUT2D eigenvalue weighted by molar-refractivity contribution is 7.13. The molecule has 8 heteroatoms. The van der Waals surface area contributed by atoms with E-state index in [1.807, 2.05) is 57.5 Å². The Bertz CT molecular complexity index is 1060. The Hall–Kier alpha value is -2.74. The zero-order valence-electron chi connectivity index (χ0n) is 22.4. The number of nitrogens with one attached hydrogen (secondary N) is 2. The number of likely N-dealkylation sites (tertiary alicyclic amines) is 1. The van der Waals surface area contributed by atoms with Crippen LogP contribution in [0.4, 0.5) is 0 Å². The molecule has 1 aromatic heterocycles. The topological polar surface area (TPSA) is 91.4 Å². The van der Waals surface area contributed by atoms with E-state index in [9.17, 15) is 14.4 Å². The molecule has 196 valence electrons. The largest absolute Gasteiger partial charge is 0.350 e. The highest BCUT2D eigenvalue weighted by Crippen LogP contribution is 2.28. The van der Waals surface area contributed by atoms with E-state index >= 15 is 0 Å². The predicted molar refractivity (Wildman–Crippen MR) is 144 cm³/mol. The van der Waals surface area contributed by atoms with Crippen LogP contribution in [0.3, 0.4) is 0 Å². The van der Waals surface area contributed by atoms with E-state index in [2.05, 4.69) is 29.5 Å². The van der Waals surface area contributed by atoms with Gasteiger partial charge in [-0.25, -0.2) is 4.98 Å². The summed E-state index contributed by atoms with van der Waals surface area (Å²) >= 11 is 1.61. The van der Waals surface area contributed by atoms with Gasteiger partial charge < -0.3 is 15.5 Å². The average Bonchev–Trinajstić information content (AvgIpc) is 3.48. The zero-order chi connectivity index (χ0) is 26.5. The lowest BCUT2D eigenvalue weighted by molar-refractivity contribution is -0.144. The van der Waals surface area contributed by atoms with Crippen LogP contribution in [0.1, 0.15) is 71.6 Å². The fourth-order valence-corrected chi connectivity index (χ4v) is 5.24. The molecule has 36 heavy (non-hydrogen) atoms. The quantitative estimate of drug-likeness (QED) is 0.510. The van der Waals surface area contributed by atoms with Crippen LogP contribution >= 0.6 is 11.3 Å². The van der Waals surface area contributed by atoms with Crippen molar-refractivity contribution in [3.8, 4) is 10.4 Å². The zero-order valence-corrected chi connectivity index (χ0v) is 23.2. The fourth-order valence-electron chi connectivity index (χ4n) is 4.43. The van der Waals surface area contributed by atoms with E-state index in [1.165, 1.54) is 0 Å². The van der Waals surface area contributed by atoms with Gasteiger partial charge in [0, 0.05) is 19.5 Å². The number of carbonyl (C=O) groups is 3. The Morgan fingerprint density at radius 1 is 1.17 bits per heavy atom. The number of thiazole rings is 1. The van der Waals surface area contributed by atoms with E-state index in [0.29, 0.717) is 31.8 Å². The van der Waals surface area contributed by atoms with Crippen molar-refractivity contribution < 1.29 is 14.4 Å². The number of aryl methyl sites for hydroxylation is 1. The number of amides is 3. The van der Waals surface area contributed by atoms with Crippen molar-refractivity contribution in [2.45, 2.75) is 85.9 Å². The van der Waals surface area contributed by atoms with Crippen LogP contribution in [0.5, 0.6) is 0 Å². The molecule has 0 unspecified atom stereocenters. The van der Waals surface area contributed by atoms with Gasteiger partial charge in [-0.3, -0.25) is 14.4 Å². The van der Waals surface area contributed by atoms with Gasteiger partial charge in [-0.15, -0.1) is 11.3 Å². The van der Waals surface area contributed by atoms with Crippen molar-refractivity contribution >= 4 is 29.1 Å². The fraction of sp³-hybridized carbons (Fsp3) is 0.571. The van der Waals surface area contributed by atoms with Crippen molar-refractivity contribution in [2.24, 2.45) is 11.3 Å². The second-order valence-electron chi connectivity index (χ2n) is 11.2. The van der Waals surface area contributed by atoms with E-state index in [4.69, 9.17) is 0 Å². The standard InChI is InChI=1S/C28H40N4O3S/c1-18(2)9-14-23(33)31-25(28(4,5)6)27(35)32-15-7-8-22(32)26(34)29-16-20-10-12-21(13-11-20)24-19(3)30-17-36-24/h10-13,17-18,22,25H,7-9,14-16H2,1-6H3,(H,29,34)(H,31,33)/t22-,25+/m0/s1. The van der Waals surface area contributed by atoms with E-state index in [1.54, 1.807) is 16.2 Å². The molecule has 2 aromatic rings. The molecule has 1 fully saturated rings. The first-order chi connectivity index (χ1) is 17.0. The molecule has 3 amide bonds. The monoisotopic (exact) mass is 512 g/mol. The van der Waals surface area contributed by atoms with Gasteiger partial charge in [0.2, 0.25) is 17.7 Å². The minimum absolute atomic E-state index is 0.117. The van der Waals surface area contributed by atoms with Gasteiger partial charge in [0.1, 0.15) is 12.1 Å². The maximum absolute atomic E-state index is 13.6. The van der Waals surface area contributed by atoms with E-state index < -0.39 is 17.5 Å². The van der Waals surface area contributed by atoms with Crippen molar-refractivity contribution in [1.82, 2.24) is 20.5 Å². The van der Waals surface area contributed by atoms with Crippen molar-refractivity contribution in [2.75, 3.05) is 6.54 Å². The molecule has 1 aliphatic rings. The Morgan fingerprint density at radius 3 is 2.44 bits per heavy atom. The van der Waals surface area contributed by atoms with Crippen LogP contribution in [-0.2, 0) is 20.9 Å². The molecule has 0 saturated carbocycles. The first kappa shape index (κ1) is 27.8. The third-order valence-corrected chi connectivity index (χ3v) is 7.61. The number of rotatable bonds is 9. The van der Waals surface area contributed by atoms with Gasteiger partial charge in [-0.05, 0) is 48.6 Å². The molecule has 1 aromatic carbocycles. The number of benzene rings is 1. The number of hydrogen-bond donors (Lipinski definition) is 2. The second kappa shape index (κ2) is 12.0. The molecule has 7 nitrogen and oxygen atoms in total. The Morgan fingerprint density at radius 2 is 1.86 bits per heavy atom. The number of nitrogens with zero attached hydrogens (tertiary/aromatic N) is 2. The van der Waals surface area contributed by atoms with Crippen molar-refractivity contribution in [3.63, 3.8) is 0 Å². The molecular weight excluding hydrogens is 472 g/mol. The Kier molecular flexibility index (Phi) is 9.28. The van der Waals surface area contributed by atoms with E-state index in [0.717, 1.165) is 34.5 Å². The minimum atomic E-state index is -0.673. The summed E-state index contributed by atoms with van der Waals surface area (Å²) in [7, 11) is 0. The average molecular weight is 513 g/mol. The summed E-state index contributed by atoms with van der Waals surface area (Å²) in [5.74, 6) is -0.0299. The third kappa shape index (κ3) is 7.15. The maximum Gasteiger partial charge on any atom is 0.246 e. The highest BCUT2D eigenvalue weighted by Gasteiger charge is 2.41. The van der Waals surface area contributed by atoms with Crippen LogP contribution in [0.25, 0.3) is 10.4 Å². The second-order valence-corrected chi connectivity index (χ2v) is 12.0. The minimum Gasteiger partial charge on any atom is -0.350 e. The van der Waals surface area contributed by atoms with Crippen LogP contribution < -0.4 is 10.6 Å². The van der Waals surface area contributed by atoms with Crippen LogP contribution in [0, 0.1) is 18.3 Å². The Labute approximate surface area is 219 Å². The summed E-state index contributed by atoms with van der Waals surface area (Å²) in [6.45, 7) is 12.9. The number of carbonyl (C=O) groups excluding carboxylic acids is 3. The lowest BCUT2D eigenvalue weighted by atomic mass is 9.85. The predicted octanol–water partition coefficient (Wildman–Crippen LogP) is 4.69. The van der Waals surface area contributed by atoms with Crippen LogP contribution in [0.15, 0.2) is 29.8 Å². The summed E-state index contributed by atoms with van der Waals surface area (Å²) in [4.78, 5) is 46.3. The normalized spacial score (nSPS) is 16.8. The maximum atomic E-state index is 13.6.